The Bertz CT molecular complexity index is 1640. The average Bonchev–Trinajstić information content (AvgIpc) is 3.06. The first kappa shape index (κ1) is 31.1. The smallest absolute Gasteiger partial charge is 0.251 e. The number of nitrogens with zero attached hydrogens (tertiary/aromatic N) is 5. The molecule has 4 heterocycles. The number of hydrogen-bond acceptors (Lipinski definition) is 7. The largest absolute Gasteiger partial charge is 0.396 e. The summed E-state index contributed by atoms with van der Waals surface area (Å²) in [5, 5.41) is 20.9. The number of alkyl halides is 1. The van der Waals surface area contributed by atoms with Crippen LogP contribution in [0.1, 0.15) is 72.8 Å². The Morgan fingerprint density at radius 3 is 2.64 bits per heavy atom. The number of halogens is 2. The van der Waals surface area contributed by atoms with Crippen molar-refractivity contribution >= 4 is 16.8 Å². The van der Waals surface area contributed by atoms with Crippen molar-refractivity contribution in [3.05, 3.63) is 83.2 Å². The second-order valence-electron chi connectivity index (χ2n) is 12.9. The molecule has 1 amide bonds. The lowest BCUT2D eigenvalue weighted by Crippen LogP contribution is -2.38. The molecule has 4 aromatic rings. The van der Waals surface area contributed by atoms with Crippen LogP contribution in [-0.4, -0.2) is 68.0 Å². The number of nitrogens with one attached hydrogen (secondary N) is 1. The molecule has 2 atom stereocenters. The summed E-state index contributed by atoms with van der Waals surface area (Å²) >= 11 is 0. The van der Waals surface area contributed by atoms with Gasteiger partial charge in [-0.05, 0) is 98.5 Å². The van der Waals surface area contributed by atoms with Gasteiger partial charge in [-0.3, -0.25) is 9.78 Å². The van der Waals surface area contributed by atoms with Gasteiger partial charge in [0, 0.05) is 48.0 Å². The first-order valence-corrected chi connectivity index (χ1v) is 15.9. The normalized spacial score (nSPS) is 19.9. The van der Waals surface area contributed by atoms with E-state index in [1.165, 1.54) is 6.07 Å². The van der Waals surface area contributed by atoms with Gasteiger partial charge in [-0.1, -0.05) is 19.9 Å². The highest BCUT2D eigenvalue weighted by Gasteiger charge is 2.38. The highest BCUT2D eigenvalue weighted by atomic mass is 19.1. The van der Waals surface area contributed by atoms with Gasteiger partial charge in [0.2, 0.25) is 0 Å². The molecule has 0 radical (unpaired) electrons. The molecule has 8 nitrogen and oxygen atoms in total. The molecule has 0 saturated carbocycles. The molecule has 1 aliphatic heterocycles. The minimum atomic E-state index is -1.33. The zero-order valence-corrected chi connectivity index (χ0v) is 25.8. The van der Waals surface area contributed by atoms with Gasteiger partial charge in [0.15, 0.2) is 0 Å². The van der Waals surface area contributed by atoms with E-state index >= 15 is 8.78 Å². The van der Waals surface area contributed by atoms with Gasteiger partial charge in [-0.2, -0.15) is 10.2 Å². The fraction of sp³-hybridized carbons (Fsp3) is 0.457. The molecule has 1 saturated heterocycles. The van der Waals surface area contributed by atoms with Gasteiger partial charge in [0.05, 0.1) is 24.1 Å². The summed E-state index contributed by atoms with van der Waals surface area (Å²) in [7, 11) is 0. The maximum Gasteiger partial charge on any atom is 0.251 e. The fourth-order valence-electron chi connectivity index (χ4n) is 6.54. The summed E-state index contributed by atoms with van der Waals surface area (Å²) in [5.74, 6) is -0.771. The van der Waals surface area contributed by atoms with Crippen LogP contribution in [-0.2, 0) is 12.8 Å². The highest BCUT2D eigenvalue weighted by molar-refractivity contribution is 5.98. The van der Waals surface area contributed by atoms with E-state index < -0.39 is 17.4 Å². The molecule has 2 aliphatic rings. The van der Waals surface area contributed by atoms with Crippen LogP contribution in [0.2, 0.25) is 0 Å². The minimum absolute atomic E-state index is 0.141. The number of pyridine rings is 2. The number of carbonyl (C=O) groups is 1. The molecular weight excluding hydrogens is 574 g/mol. The molecule has 2 N–H and O–H groups in total. The third-order valence-electron chi connectivity index (χ3n) is 9.67. The maximum absolute atomic E-state index is 15.5. The summed E-state index contributed by atoms with van der Waals surface area (Å²) in [4.78, 5) is 25.2. The van der Waals surface area contributed by atoms with Gasteiger partial charge in [-0.15, -0.1) is 0 Å². The number of aromatic nitrogens is 4. The van der Waals surface area contributed by atoms with E-state index in [1.807, 2.05) is 32.0 Å². The van der Waals surface area contributed by atoms with Crippen LogP contribution in [0.4, 0.5) is 8.78 Å². The lowest BCUT2D eigenvalue weighted by molar-refractivity contribution is 0.0821. The number of amides is 1. The van der Waals surface area contributed by atoms with Crippen molar-refractivity contribution in [1.82, 2.24) is 30.4 Å². The lowest BCUT2D eigenvalue weighted by atomic mass is 9.77. The Hall–Kier alpha value is -3.89. The number of rotatable bonds is 9. The number of aliphatic hydroxyl groups excluding tert-OH is 1. The molecular formula is C35H40F2N6O2. The van der Waals surface area contributed by atoms with E-state index in [2.05, 4.69) is 30.4 Å². The van der Waals surface area contributed by atoms with E-state index in [4.69, 9.17) is 0 Å². The second-order valence-corrected chi connectivity index (χ2v) is 12.9. The number of carbonyl (C=O) groups excluding carboxylic acids is 1. The van der Waals surface area contributed by atoms with Gasteiger partial charge in [0.25, 0.3) is 5.91 Å². The number of likely N-dealkylation sites (tertiary alicyclic amines) is 1. The van der Waals surface area contributed by atoms with Crippen molar-refractivity contribution in [2.75, 3.05) is 26.2 Å². The topological polar surface area (TPSA) is 104 Å². The number of benzene rings is 1. The molecule has 1 fully saturated rings. The van der Waals surface area contributed by atoms with Crippen molar-refractivity contribution in [3.63, 3.8) is 0 Å². The summed E-state index contributed by atoms with van der Waals surface area (Å²) in [5.41, 5.74) is 2.99. The van der Waals surface area contributed by atoms with Crippen LogP contribution in [0, 0.1) is 17.7 Å². The standard InChI is InChI=1S/C35H40F2N6O2/c1-22(2)35(37)10-5-31-28(18-35)16-26-15-27(17-29(36)33(26)41-31)34(45)42-32(9-14-43-12-7-23(21-44)8-13-43)24-3-4-30(38-19-24)25-6-11-39-40-20-25/h3-4,6,11,15-17,19-20,22-23,32,44H,5,7-10,12-14,18,21H2,1-2H3,(H,42,45). The third-order valence-corrected chi connectivity index (χ3v) is 9.67. The second kappa shape index (κ2) is 13.2. The number of hydrogen-bond donors (Lipinski definition) is 2. The lowest BCUT2D eigenvalue weighted by Gasteiger charge is -2.34. The predicted molar refractivity (Wildman–Crippen MR) is 169 cm³/mol. The Kier molecular flexibility index (Phi) is 9.14. The van der Waals surface area contributed by atoms with Gasteiger partial charge < -0.3 is 15.3 Å². The van der Waals surface area contributed by atoms with Crippen LogP contribution in [0.25, 0.3) is 22.2 Å². The van der Waals surface area contributed by atoms with Crippen molar-refractivity contribution in [2.24, 2.45) is 11.8 Å². The third kappa shape index (κ3) is 6.87. The molecule has 3 aromatic heterocycles. The van der Waals surface area contributed by atoms with E-state index in [9.17, 15) is 9.90 Å². The summed E-state index contributed by atoms with van der Waals surface area (Å²) < 4.78 is 31.0. The molecule has 2 unspecified atom stereocenters. The number of aryl methyl sites for hydroxylation is 1. The van der Waals surface area contributed by atoms with Gasteiger partial charge >= 0.3 is 0 Å². The molecule has 10 heteroatoms. The Balaban J connectivity index is 1.24. The molecule has 236 valence electrons. The van der Waals surface area contributed by atoms with Crippen molar-refractivity contribution in [1.29, 1.82) is 0 Å². The first-order chi connectivity index (χ1) is 21.7. The van der Waals surface area contributed by atoms with Crippen LogP contribution >= 0.6 is 0 Å². The predicted octanol–water partition coefficient (Wildman–Crippen LogP) is 5.64. The Labute approximate surface area is 262 Å². The first-order valence-electron chi connectivity index (χ1n) is 15.9. The Morgan fingerprint density at radius 1 is 1.13 bits per heavy atom. The minimum Gasteiger partial charge on any atom is -0.396 e. The Morgan fingerprint density at radius 2 is 1.96 bits per heavy atom. The zero-order chi connectivity index (χ0) is 31.6. The molecule has 0 spiro atoms. The quantitative estimate of drug-likeness (QED) is 0.251. The molecule has 6 rings (SSSR count). The molecule has 45 heavy (non-hydrogen) atoms. The van der Waals surface area contributed by atoms with Crippen molar-refractivity contribution in [3.8, 4) is 11.3 Å². The zero-order valence-electron chi connectivity index (χ0n) is 25.8. The monoisotopic (exact) mass is 614 g/mol. The summed E-state index contributed by atoms with van der Waals surface area (Å²) in [6.07, 6.45) is 8.60. The SMILES string of the molecule is CC(C)C1(F)CCc2nc3c(F)cc(C(=O)NC(CCN4CCC(CO)CC4)c4ccc(-c5ccnnc5)nc4)cc3cc2C1. The van der Waals surface area contributed by atoms with Crippen molar-refractivity contribution in [2.45, 2.75) is 64.1 Å². The summed E-state index contributed by atoms with van der Waals surface area (Å²) in [6.45, 7) is 6.51. The van der Waals surface area contributed by atoms with Crippen molar-refractivity contribution < 1.29 is 18.7 Å². The number of fused-ring (bicyclic) bond motifs is 2. The fourth-order valence-corrected chi connectivity index (χ4v) is 6.54. The van der Waals surface area contributed by atoms with E-state index in [1.54, 1.807) is 30.7 Å². The average molecular weight is 615 g/mol. The van der Waals surface area contributed by atoms with Crippen LogP contribution in [0.5, 0.6) is 0 Å². The molecule has 1 aromatic carbocycles. The number of piperidine rings is 1. The van der Waals surface area contributed by atoms with E-state index in [-0.39, 0.29) is 36.1 Å². The van der Waals surface area contributed by atoms with Gasteiger partial charge in [-0.25, -0.2) is 13.8 Å². The van der Waals surface area contributed by atoms with E-state index in [0.29, 0.717) is 30.6 Å². The van der Waals surface area contributed by atoms with Crippen LogP contribution < -0.4 is 5.32 Å². The van der Waals surface area contributed by atoms with E-state index in [0.717, 1.165) is 60.6 Å². The molecule has 1 aliphatic carbocycles. The number of aliphatic hydroxyl groups is 1. The highest BCUT2D eigenvalue weighted by Crippen LogP contribution is 2.38. The van der Waals surface area contributed by atoms with Crippen LogP contribution in [0.15, 0.2) is 55.0 Å². The van der Waals surface area contributed by atoms with Gasteiger partial charge in [0.1, 0.15) is 17.0 Å². The van der Waals surface area contributed by atoms with Crippen LogP contribution in [0.3, 0.4) is 0 Å². The molecule has 0 bridgehead atoms. The summed E-state index contributed by atoms with van der Waals surface area (Å²) in [6, 6.07) is 10.00. The maximum atomic E-state index is 15.5.